The topological polar surface area (TPSA) is 129 Å². The number of aromatic nitrogens is 2. The summed E-state index contributed by atoms with van der Waals surface area (Å²) >= 11 is 0. The van der Waals surface area contributed by atoms with Crippen LogP contribution in [0.4, 0.5) is 0 Å². The SMILES string of the molecule is CC(=O)CCC(C(N)=O)n1c(=O)n(C)c2cc(CN3CCN(CCOC4CC(N)C4)CC3)ccc21. The Morgan fingerprint density at radius 2 is 1.80 bits per heavy atom. The molecule has 2 fully saturated rings. The third-order valence-corrected chi connectivity index (χ3v) is 7.33. The molecule has 0 spiro atoms. The molecule has 1 aliphatic heterocycles. The molecule has 1 aliphatic carbocycles. The first-order chi connectivity index (χ1) is 16.7. The number of benzene rings is 1. The van der Waals surface area contributed by atoms with E-state index < -0.39 is 11.9 Å². The molecule has 10 heteroatoms. The van der Waals surface area contributed by atoms with Crippen LogP contribution in [-0.4, -0.2) is 82.1 Å². The number of ketones is 1. The predicted molar refractivity (Wildman–Crippen MR) is 134 cm³/mol. The van der Waals surface area contributed by atoms with Crippen LogP contribution < -0.4 is 17.2 Å². The Hall–Kier alpha value is -2.53. The average Bonchev–Trinajstić information content (AvgIpc) is 3.03. The fourth-order valence-corrected chi connectivity index (χ4v) is 5.07. The van der Waals surface area contributed by atoms with E-state index in [-0.39, 0.29) is 24.3 Å². The summed E-state index contributed by atoms with van der Waals surface area (Å²) in [5.74, 6) is -0.646. The van der Waals surface area contributed by atoms with Gasteiger partial charge in [-0.05, 0) is 43.9 Å². The molecule has 4 N–H and O–H groups in total. The monoisotopic (exact) mass is 486 g/mol. The lowest BCUT2D eigenvalue weighted by Gasteiger charge is -2.36. The van der Waals surface area contributed by atoms with Crippen molar-refractivity contribution in [1.29, 1.82) is 0 Å². The standard InChI is InChI=1S/C25H38N6O4/c1-17(32)3-5-22(24(27)33)31-21-6-4-18(13-23(21)28(2)25(31)34)16-30-9-7-29(8-10-30)11-12-35-20-14-19(26)15-20/h4,6,13,19-20,22H,3,5,7-12,14-16,26H2,1-2H3,(H2,27,33). The summed E-state index contributed by atoms with van der Waals surface area (Å²) in [5.41, 5.74) is 13.6. The second-order valence-electron chi connectivity index (χ2n) is 10.0. The van der Waals surface area contributed by atoms with Crippen LogP contribution in [0.1, 0.15) is 44.2 Å². The minimum absolute atomic E-state index is 0.0393. The Kier molecular flexibility index (Phi) is 8.05. The summed E-state index contributed by atoms with van der Waals surface area (Å²) in [5, 5.41) is 0. The van der Waals surface area contributed by atoms with E-state index in [1.165, 1.54) is 11.5 Å². The van der Waals surface area contributed by atoms with E-state index >= 15 is 0 Å². The molecule has 192 valence electrons. The molecule has 2 aliphatic rings. The number of piperazine rings is 1. The molecule has 35 heavy (non-hydrogen) atoms. The highest BCUT2D eigenvalue weighted by molar-refractivity contribution is 5.84. The van der Waals surface area contributed by atoms with Gasteiger partial charge in [0.1, 0.15) is 11.8 Å². The van der Waals surface area contributed by atoms with Gasteiger partial charge >= 0.3 is 5.69 Å². The van der Waals surface area contributed by atoms with Gasteiger partial charge in [0.05, 0.1) is 23.7 Å². The van der Waals surface area contributed by atoms with Crippen LogP contribution in [-0.2, 0) is 27.9 Å². The molecule has 1 amide bonds. The zero-order valence-electron chi connectivity index (χ0n) is 20.8. The molecule has 0 radical (unpaired) electrons. The van der Waals surface area contributed by atoms with E-state index in [1.54, 1.807) is 11.6 Å². The number of nitrogens with two attached hydrogens (primary N) is 2. The van der Waals surface area contributed by atoms with Crippen molar-refractivity contribution in [2.24, 2.45) is 18.5 Å². The molecule has 1 unspecified atom stereocenters. The molecule has 0 bridgehead atoms. The number of imidazole rings is 1. The molecule has 4 rings (SSSR count). The first kappa shape index (κ1) is 25.6. The molecule has 2 aromatic rings. The number of hydrogen-bond donors (Lipinski definition) is 2. The Morgan fingerprint density at radius 3 is 2.43 bits per heavy atom. The number of carbonyl (C=O) groups excluding carboxylic acids is 2. The quantitative estimate of drug-likeness (QED) is 0.469. The highest BCUT2D eigenvalue weighted by atomic mass is 16.5. The number of amides is 1. The third kappa shape index (κ3) is 6.00. The number of nitrogens with zero attached hydrogens (tertiary/aromatic N) is 4. The van der Waals surface area contributed by atoms with Gasteiger partial charge in [0.25, 0.3) is 0 Å². The van der Waals surface area contributed by atoms with Crippen molar-refractivity contribution in [2.75, 3.05) is 39.3 Å². The van der Waals surface area contributed by atoms with Gasteiger partial charge in [-0.2, -0.15) is 0 Å². The molecular weight excluding hydrogens is 448 g/mol. The lowest BCUT2D eigenvalue weighted by molar-refractivity contribution is -0.121. The highest BCUT2D eigenvalue weighted by Crippen LogP contribution is 2.23. The number of aryl methyl sites for hydroxylation is 1. The van der Waals surface area contributed by atoms with Gasteiger partial charge in [-0.3, -0.25) is 23.7 Å². The molecule has 1 saturated carbocycles. The maximum absolute atomic E-state index is 13.0. The molecule has 2 heterocycles. The number of ether oxygens (including phenoxy) is 1. The van der Waals surface area contributed by atoms with Crippen molar-refractivity contribution in [1.82, 2.24) is 18.9 Å². The summed E-state index contributed by atoms with van der Waals surface area (Å²) in [4.78, 5) is 41.4. The minimum atomic E-state index is -0.848. The van der Waals surface area contributed by atoms with Crippen LogP contribution in [0.2, 0.25) is 0 Å². The number of rotatable bonds is 11. The highest BCUT2D eigenvalue weighted by Gasteiger charge is 2.27. The minimum Gasteiger partial charge on any atom is -0.377 e. The lowest BCUT2D eigenvalue weighted by atomic mass is 9.90. The van der Waals surface area contributed by atoms with Gasteiger partial charge in [-0.1, -0.05) is 6.07 Å². The van der Waals surface area contributed by atoms with Crippen LogP contribution >= 0.6 is 0 Å². The van der Waals surface area contributed by atoms with Crippen LogP contribution in [0.15, 0.2) is 23.0 Å². The molecular formula is C25H38N6O4. The Bertz CT molecular complexity index is 1110. The van der Waals surface area contributed by atoms with Crippen LogP contribution in [0, 0.1) is 0 Å². The Balaban J connectivity index is 1.37. The lowest BCUT2D eigenvalue weighted by Crippen LogP contribution is -2.47. The summed E-state index contributed by atoms with van der Waals surface area (Å²) < 4.78 is 8.87. The van der Waals surface area contributed by atoms with Gasteiger partial charge in [-0.25, -0.2) is 4.79 Å². The van der Waals surface area contributed by atoms with Crippen molar-refractivity contribution in [3.05, 3.63) is 34.2 Å². The van der Waals surface area contributed by atoms with E-state index in [4.69, 9.17) is 16.2 Å². The first-order valence-electron chi connectivity index (χ1n) is 12.5. The maximum Gasteiger partial charge on any atom is 0.329 e. The van der Waals surface area contributed by atoms with Crippen molar-refractivity contribution in [2.45, 2.75) is 57.3 Å². The normalized spacial score (nSPS) is 22.3. The summed E-state index contributed by atoms with van der Waals surface area (Å²) in [6, 6.07) is 5.37. The van der Waals surface area contributed by atoms with E-state index in [1.807, 2.05) is 18.2 Å². The largest absolute Gasteiger partial charge is 0.377 e. The maximum atomic E-state index is 13.0. The fraction of sp³-hybridized carbons (Fsp3) is 0.640. The summed E-state index contributed by atoms with van der Waals surface area (Å²) in [7, 11) is 1.70. The summed E-state index contributed by atoms with van der Waals surface area (Å²) in [6.07, 6.45) is 2.72. The Labute approximate surface area is 205 Å². The zero-order chi connectivity index (χ0) is 25.1. The van der Waals surface area contributed by atoms with E-state index in [9.17, 15) is 14.4 Å². The predicted octanol–water partition coefficient (Wildman–Crippen LogP) is 0.360. The average molecular weight is 487 g/mol. The fourth-order valence-electron chi connectivity index (χ4n) is 5.07. The van der Waals surface area contributed by atoms with E-state index in [0.717, 1.165) is 69.8 Å². The number of fused-ring (bicyclic) bond motifs is 1. The van der Waals surface area contributed by atoms with Crippen molar-refractivity contribution >= 4 is 22.7 Å². The first-order valence-corrected chi connectivity index (χ1v) is 12.5. The summed E-state index contributed by atoms with van der Waals surface area (Å²) in [6.45, 7) is 7.92. The van der Waals surface area contributed by atoms with Crippen LogP contribution in [0.5, 0.6) is 0 Å². The van der Waals surface area contributed by atoms with Crippen molar-refractivity contribution < 1.29 is 14.3 Å². The van der Waals surface area contributed by atoms with E-state index in [0.29, 0.717) is 17.7 Å². The number of primary amides is 1. The van der Waals surface area contributed by atoms with Gasteiger partial charge in [0.15, 0.2) is 0 Å². The smallest absolute Gasteiger partial charge is 0.329 e. The van der Waals surface area contributed by atoms with Crippen LogP contribution in [0.25, 0.3) is 11.0 Å². The number of Topliss-reactive ketones (excluding diaryl/α,β-unsaturated/α-hetero) is 1. The third-order valence-electron chi connectivity index (χ3n) is 7.33. The van der Waals surface area contributed by atoms with Gasteiger partial charge in [-0.15, -0.1) is 0 Å². The van der Waals surface area contributed by atoms with Crippen molar-refractivity contribution in [3.8, 4) is 0 Å². The molecule has 1 atom stereocenters. The van der Waals surface area contributed by atoms with Gasteiger partial charge < -0.3 is 21.0 Å². The van der Waals surface area contributed by atoms with Gasteiger partial charge in [0, 0.05) is 58.8 Å². The van der Waals surface area contributed by atoms with E-state index in [2.05, 4.69) is 9.80 Å². The molecule has 1 saturated heterocycles. The number of carbonyl (C=O) groups is 2. The van der Waals surface area contributed by atoms with Gasteiger partial charge in [0.2, 0.25) is 5.91 Å². The molecule has 1 aromatic heterocycles. The molecule has 1 aromatic carbocycles. The Morgan fingerprint density at radius 1 is 1.11 bits per heavy atom. The molecule has 10 nitrogen and oxygen atoms in total. The van der Waals surface area contributed by atoms with Crippen LogP contribution in [0.3, 0.4) is 0 Å². The number of hydrogen-bond acceptors (Lipinski definition) is 7. The zero-order valence-corrected chi connectivity index (χ0v) is 20.8. The van der Waals surface area contributed by atoms with Crippen molar-refractivity contribution in [3.63, 3.8) is 0 Å². The second-order valence-corrected chi connectivity index (χ2v) is 10.0. The second kappa shape index (κ2) is 11.0.